The number of ether oxygens (including phenoxy) is 2. The molecule has 31 heavy (non-hydrogen) atoms. The van der Waals surface area contributed by atoms with Crippen LogP contribution in [0.1, 0.15) is 48.1 Å². The standard InChI is InChI=1S/C22H30N4O5/c1-5-10-26-20(23)19(21(28)24(2)22(26)29)17(27)13-25-11-6-7-16(25)15-12-14(30-3)8-9-18(15)31-4/h8-9,12,16H,5-7,10-11,13,23H2,1-4H3/t16-/m1/s1. The number of hydrogen-bond donors (Lipinski definition) is 1. The topological polar surface area (TPSA) is 109 Å². The van der Waals surface area contributed by atoms with Gasteiger partial charge in [-0.05, 0) is 44.0 Å². The normalized spacial score (nSPS) is 16.5. The predicted molar refractivity (Wildman–Crippen MR) is 118 cm³/mol. The highest BCUT2D eigenvalue weighted by atomic mass is 16.5. The Labute approximate surface area is 181 Å². The first-order valence-corrected chi connectivity index (χ1v) is 10.4. The van der Waals surface area contributed by atoms with Crippen LogP contribution in [-0.2, 0) is 13.6 Å². The Morgan fingerprint density at radius 3 is 2.61 bits per heavy atom. The molecule has 3 rings (SSSR count). The number of nitrogens with zero attached hydrogens (tertiary/aromatic N) is 3. The molecule has 2 heterocycles. The fourth-order valence-electron chi connectivity index (χ4n) is 4.22. The van der Waals surface area contributed by atoms with Crippen LogP contribution in [0.15, 0.2) is 27.8 Å². The Bertz CT molecular complexity index is 1090. The molecule has 0 aliphatic carbocycles. The van der Waals surface area contributed by atoms with Crippen LogP contribution >= 0.6 is 0 Å². The minimum atomic E-state index is -0.658. The molecule has 1 aromatic carbocycles. The van der Waals surface area contributed by atoms with Gasteiger partial charge in [0, 0.05) is 25.2 Å². The monoisotopic (exact) mass is 430 g/mol. The second kappa shape index (κ2) is 9.38. The first-order chi connectivity index (χ1) is 14.8. The summed E-state index contributed by atoms with van der Waals surface area (Å²) in [6.07, 6.45) is 2.40. The zero-order chi connectivity index (χ0) is 22.7. The molecule has 0 bridgehead atoms. The summed E-state index contributed by atoms with van der Waals surface area (Å²) in [5.74, 6) is 0.974. The average molecular weight is 431 g/mol. The van der Waals surface area contributed by atoms with E-state index in [-0.39, 0.29) is 24.0 Å². The zero-order valence-electron chi connectivity index (χ0n) is 18.5. The molecule has 168 valence electrons. The first-order valence-electron chi connectivity index (χ1n) is 10.4. The smallest absolute Gasteiger partial charge is 0.332 e. The molecule has 1 aromatic heterocycles. The number of likely N-dealkylation sites (tertiary alicyclic amines) is 1. The summed E-state index contributed by atoms with van der Waals surface area (Å²) < 4.78 is 13.1. The summed E-state index contributed by atoms with van der Waals surface area (Å²) in [5, 5.41) is 0. The van der Waals surface area contributed by atoms with E-state index < -0.39 is 17.0 Å². The molecule has 1 fully saturated rings. The van der Waals surface area contributed by atoms with Crippen molar-refractivity contribution in [3.63, 3.8) is 0 Å². The summed E-state index contributed by atoms with van der Waals surface area (Å²) in [4.78, 5) is 40.3. The van der Waals surface area contributed by atoms with E-state index in [1.165, 1.54) is 11.6 Å². The number of anilines is 1. The number of carbonyl (C=O) groups is 1. The number of aromatic nitrogens is 2. The van der Waals surface area contributed by atoms with Crippen LogP contribution in [0.5, 0.6) is 11.5 Å². The van der Waals surface area contributed by atoms with Crippen molar-refractivity contribution in [2.45, 2.75) is 38.8 Å². The molecule has 9 nitrogen and oxygen atoms in total. The average Bonchev–Trinajstić information content (AvgIpc) is 3.22. The molecule has 0 saturated carbocycles. The van der Waals surface area contributed by atoms with Gasteiger partial charge in [-0.1, -0.05) is 6.92 Å². The van der Waals surface area contributed by atoms with Gasteiger partial charge in [0.25, 0.3) is 5.56 Å². The molecule has 0 amide bonds. The predicted octanol–water partition coefficient (Wildman–Crippen LogP) is 1.58. The van der Waals surface area contributed by atoms with Crippen molar-refractivity contribution < 1.29 is 14.3 Å². The Kier molecular flexibility index (Phi) is 6.84. The molecular formula is C22H30N4O5. The molecule has 1 aliphatic rings. The summed E-state index contributed by atoms with van der Waals surface area (Å²) in [7, 11) is 4.58. The highest BCUT2D eigenvalue weighted by Crippen LogP contribution is 2.38. The van der Waals surface area contributed by atoms with Gasteiger partial charge in [-0.15, -0.1) is 0 Å². The van der Waals surface area contributed by atoms with Gasteiger partial charge in [0.2, 0.25) is 0 Å². The van der Waals surface area contributed by atoms with Gasteiger partial charge in [0.1, 0.15) is 22.9 Å². The van der Waals surface area contributed by atoms with Gasteiger partial charge in [-0.3, -0.25) is 23.6 Å². The van der Waals surface area contributed by atoms with Crippen molar-refractivity contribution in [3.8, 4) is 11.5 Å². The molecule has 1 saturated heterocycles. The maximum absolute atomic E-state index is 13.2. The lowest BCUT2D eigenvalue weighted by molar-refractivity contribution is 0.0918. The van der Waals surface area contributed by atoms with E-state index in [0.717, 1.165) is 28.7 Å². The number of carbonyl (C=O) groups excluding carboxylic acids is 1. The maximum Gasteiger partial charge on any atom is 0.332 e. The number of methoxy groups -OCH3 is 2. The number of ketones is 1. The fourth-order valence-corrected chi connectivity index (χ4v) is 4.22. The Morgan fingerprint density at radius 2 is 1.97 bits per heavy atom. The van der Waals surface area contributed by atoms with Crippen LogP contribution in [0.3, 0.4) is 0 Å². The number of benzene rings is 1. The van der Waals surface area contributed by atoms with E-state index in [4.69, 9.17) is 15.2 Å². The molecule has 9 heteroatoms. The second-order valence-electron chi connectivity index (χ2n) is 7.72. The number of hydrogen-bond acceptors (Lipinski definition) is 7. The molecule has 2 N–H and O–H groups in total. The van der Waals surface area contributed by atoms with E-state index in [1.54, 1.807) is 14.2 Å². The first kappa shape index (κ1) is 22.6. The largest absolute Gasteiger partial charge is 0.497 e. The van der Waals surface area contributed by atoms with Gasteiger partial charge in [-0.25, -0.2) is 4.79 Å². The van der Waals surface area contributed by atoms with Crippen LogP contribution in [0.25, 0.3) is 0 Å². The summed E-state index contributed by atoms with van der Waals surface area (Å²) in [5.41, 5.74) is 5.76. The van der Waals surface area contributed by atoms with Crippen LogP contribution in [0.4, 0.5) is 5.82 Å². The van der Waals surface area contributed by atoms with Crippen molar-refractivity contribution in [1.82, 2.24) is 14.0 Å². The third-order valence-electron chi connectivity index (χ3n) is 5.82. The Balaban J connectivity index is 1.96. The number of nitrogen functional groups attached to an aromatic ring is 1. The summed E-state index contributed by atoms with van der Waals surface area (Å²) in [6, 6.07) is 5.54. The number of Topliss-reactive ketones (excluding diaryl/α,β-unsaturated/α-hetero) is 1. The molecule has 0 spiro atoms. The van der Waals surface area contributed by atoms with Crippen molar-refractivity contribution >= 4 is 11.6 Å². The number of nitrogens with two attached hydrogens (primary N) is 1. The van der Waals surface area contributed by atoms with E-state index in [2.05, 4.69) is 0 Å². The molecule has 2 aromatic rings. The quantitative estimate of drug-likeness (QED) is 0.633. The highest BCUT2D eigenvalue weighted by molar-refractivity contribution is 6.01. The van der Waals surface area contributed by atoms with Crippen molar-refractivity contribution in [3.05, 3.63) is 50.2 Å². The Hall–Kier alpha value is -3.07. The highest BCUT2D eigenvalue weighted by Gasteiger charge is 2.32. The molecular weight excluding hydrogens is 400 g/mol. The van der Waals surface area contributed by atoms with Crippen LogP contribution in [0.2, 0.25) is 0 Å². The van der Waals surface area contributed by atoms with Crippen LogP contribution < -0.4 is 26.5 Å². The van der Waals surface area contributed by atoms with E-state index in [9.17, 15) is 14.4 Å². The van der Waals surface area contributed by atoms with Crippen LogP contribution in [0, 0.1) is 0 Å². The minimum absolute atomic E-state index is 0.0226. The molecule has 1 aliphatic heterocycles. The third-order valence-corrected chi connectivity index (χ3v) is 5.82. The molecule has 0 radical (unpaired) electrons. The van der Waals surface area contributed by atoms with Crippen molar-refractivity contribution in [2.24, 2.45) is 7.05 Å². The zero-order valence-corrected chi connectivity index (χ0v) is 18.5. The SMILES string of the molecule is CCCn1c(N)c(C(=O)CN2CCC[C@@H]2c2cc(OC)ccc2OC)c(=O)n(C)c1=O. The van der Waals surface area contributed by atoms with Gasteiger partial charge in [0.05, 0.1) is 20.8 Å². The molecule has 0 unspecified atom stereocenters. The van der Waals surface area contributed by atoms with E-state index in [1.807, 2.05) is 30.0 Å². The van der Waals surface area contributed by atoms with E-state index >= 15 is 0 Å². The van der Waals surface area contributed by atoms with Crippen molar-refractivity contribution in [2.75, 3.05) is 33.0 Å². The summed E-state index contributed by atoms with van der Waals surface area (Å²) >= 11 is 0. The third kappa shape index (κ3) is 4.23. The summed E-state index contributed by atoms with van der Waals surface area (Å²) in [6.45, 7) is 2.96. The minimum Gasteiger partial charge on any atom is -0.497 e. The van der Waals surface area contributed by atoms with Gasteiger partial charge < -0.3 is 15.2 Å². The maximum atomic E-state index is 13.2. The lowest BCUT2D eigenvalue weighted by atomic mass is 10.0. The second-order valence-corrected chi connectivity index (χ2v) is 7.72. The van der Waals surface area contributed by atoms with E-state index in [0.29, 0.717) is 25.3 Å². The van der Waals surface area contributed by atoms with Gasteiger partial charge in [0.15, 0.2) is 5.78 Å². The number of rotatable bonds is 8. The van der Waals surface area contributed by atoms with Crippen molar-refractivity contribution in [1.29, 1.82) is 0 Å². The lowest BCUT2D eigenvalue weighted by Gasteiger charge is -2.26. The van der Waals surface area contributed by atoms with Crippen LogP contribution in [-0.4, -0.2) is 47.1 Å². The lowest BCUT2D eigenvalue weighted by Crippen LogP contribution is -2.44. The Morgan fingerprint density at radius 1 is 1.23 bits per heavy atom. The fraction of sp³-hybridized carbons (Fsp3) is 0.500. The molecule has 1 atom stereocenters. The van der Waals surface area contributed by atoms with Gasteiger partial charge >= 0.3 is 5.69 Å². The van der Waals surface area contributed by atoms with Gasteiger partial charge in [-0.2, -0.15) is 0 Å².